The van der Waals surface area contributed by atoms with Gasteiger partial charge in [0.2, 0.25) is 0 Å². The molecular weight excluding hydrogens is 98.1 g/mol. The molecule has 1 heteroatoms. The molecule has 0 aliphatic heterocycles. The van der Waals surface area contributed by atoms with E-state index in [9.17, 15) is 0 Å². The molecule has 0 atom stereocenters. The van der Waals surface area contributed by atoms with Crippen LogP contribution >= 0.6 is 0 Å². The molecule has 44 valence electrons. The smallest absolute Gasteiger partial charge is 0.0412 e. The Kier molecular flexibility index (Phi) is 3.78. The van der Waals surface area contributed by atoms with E-state index >= 15 is 0 Å². The van der Waals surface area contributed by atoms with E-state index in [0.717, 1.165) is 6.54 Å². The largest absolute Gasteiger partial charge is 0.342 e. The fraction of sp³-hybridized carbons (Fsp3) is 0.429. The minimum atomic E-state index is 0.777. The predicted octanol–water partition coefficient (Wildman–Crippen LogP) is 1.13. The van der Waals surface area contributed by atoms with Crippen molar-refractivity contribution in [2.75, 3.05) is 6.54 Å². The SMILES string of the molecule is C#CNCC=C(C)C. The van der Waals surface area contributed by atoms with Crippen molar-refractivity contribution in [2.24, 2.45) is 0 Å². The van der Waals surface area contributed by atoms with Crippen molar-refractivity contribution in [2.45, 2.75) is 13.8 Å². The topological polar surface area (TPSA) is 12.0 Å². The summed E-state index contributed by atoms with van der Waals surface area (Å²) in [6.07, 6.45) is 6.97. The summed E-state index contributed by atoms with van der Waals surface area (Å²) >= 11 is 0. The molecule has 0 spiro atoms. The number of rotatable bonds is 2. The molecule has 0 unspecified atom stereocenters. The number of hydrogen-bond donors (Lipinski definition) is 1. The molecule has 0 saturated heterocycles. The molecule has 0 heterocycles. The quantitative estimate of drug-likeness (QED) is 0.242. The zero-order valence-corrected chi connectivity index (χ0v) is 5.36. The Balaban J connectivity index is 3.20. The zero-order chi connectivity index (χ0) is 6.41. The lowest BCUT2D eigenvalue weighted by Crippen LogP contribution is -2.03. The lowest BCUT2D eigenvalue weighted by molar-refractivity contribution is 1.01. The first kappa shape index (κ1) is 7.10. The van der Waals surface area contributed by atoms with E-state index < -0.39 is 0 Å². The molecule has 0 rings (SSSR count). The molecule has 8 heavy (non-hydrogen) atoms. The molecule has 0 aromatic rings. The van der Waals surface area contributed by atoms with Crippen LogP contribution in [0.15, 0.2) is 11.6 Å². The van der Waals surface area contributed by atoms with Gasteiger partial charge < -0.3 is 5.32 Å². The summed E-state index contributed by atoms with van der Waals surface area (Å²) in [5.41, 5.74) is 1.28. The first-order chi connectivity index (χ1) is 3.77. The van der Waals surface area contributed by atoms with Crippen LogP contribution in [0.4, 0.5) is 0 Å². The normalized spacial score (nSPS) is 7.12. The van der Waals surface area contributed by atoms with Crippen molar-refractivity contribution in [3.63, 3.8) is 0 Å². The van der Waals surface area contributed by atoms with Crippen LogP contribution in [0.5, 0.6) is 0 Å². The summed E-state index contributed by atoms with van der Waals surface area (Å²) in [5.74, 6) is 0. The summed E-state index contributed by atoms with van der Waals surface area (Å²) in [6, 6.07) is 2.33. The Bertz CT molecular complexity index is 113. The Labute approximate surface area is 50.8 Å². The molecule has 0 aliphatic rings. The third-order valence-electron chi connectivity index (χ3n) is 0.714. The van der Waals surface area contributed by atoms with Gasteiger partial charge in [-0.25, -0.2) is 0 Å². The molecule has 0 radical (unpaired) electrons. The van der Waals surface area contributed by atoms with Gasteiger partial charge in [0.05, 0.1) is 0 Å². The first-order valence-corrected chi connectivity index (χ1v) is 2.59. The van der Waals surface area contributed by atoms with Gasteiger partial charge in [0.1, 0.15) is 0 Å². The summed E-state index contributed by atoms with van der Waals surface area (Å²) < 4.78 is 0. The predicted molar refractivity (Wildman–Crippen MR) is 36.3 cm³/mol. The maximum absolute atomic E-state index is 4.92. The molecule has 0 aliphatic carbocycles. The monoisotopic (exact) mass is 109 g/mol. The van der Waals surface area contributed by atoms with E-state index in [1.54, 1.807) is 0 Å². The Morgan fingerprint density at radius 1 is 1.75 bits per heavy atom. The number of nitrogens with one attached hydrogen (secondary N) is 1. The van der Waals surface area contributed by atoms with Gasteiger partial charge in [-0.05, 0) is 13.8 Å². The van der Waals surface area contributed by atoms with Gasteiger partial charge >= 0.3 is 0 Å². The minimum absolute atomic E-state index is 0.777. The highest BCUT2D eigenvalue weighted by Crippen LogP contribution is 1.83. The van der Waals surface area contributed by atoms with E-state index in [0.29, 0.717) is 0 Å². The summed E-state index contributed by atoms with van der Waals surface area (Å²) in [5, 5.41) is 2.73. The third kappa shape index (κ3) is 5.10. The van der Waals surface area contributed by atoms with Crippen LogP contribution in [-0.2, 0) is 0 Å². The van der Waals surface area contributed by atoms with Crippen LogP contribution in [0, 0.1) is 12.5 Å². The average Bonchev–Trinajstić information content (AvgIpc) is 1.66. The molecule has 0 aromatic heterocycles. The second kappa shape index (κ2) is 4.26. The van der Waals surface area contributed by atoms with Gasteiger partial charge in [0, 0.05) is 12.6 Å². The van der Waals surface area contributed by atoms with Crippen LogP contribution in [0.2, 0.25) is 0 Å². The van der Waals surface area contributed by atoms with Gasteiger partial charge in [-0.1, -0.05) is 18.1 Å². The van der Waals surface area contributed by atoms with Gasteiger partial charge in [-0.3, -0.25) is 0 Å². The van der Waals surface area contributed by atoms with Crippen LogP contribution in [0.3, 0.4) is 0 Å². The van der Waals surface area contributed by atoms with Crippen LogP contribution in [0.25, 0.3) is 0 Å². The second-order valence-electron chi connectivity index (χ2n) is 1.81. The fourth-order valence-corrected chi connectivity index (χ4v) is 0.314. The van der Waals surface area contributed by atoms with E-state index in [4.69, 9.17) is 6.42 Å². The zero-order valence-electron chi connectivity index (χ0n) is 5.36. The van der Waals surface area contributed by atoms with E-state index in [1.165, 1.54) is 5.57 Å². The second-order valence-corrected chi connectivity index (χ2v) is 1.81. The van der Waals surface area contributed by atoms with Gasteiger partial charge in [0.15, 0.2) is 0 Å². The molecule has 0 aromatic carbocycles. The molecule has 0 amide bonds. The molecule has 0 bridgehead atoms. The van der Waals surface area contributed by atoms with Crippen LogP contribution in [-0.4, -0.2) is 6.54 Å². The minimum Gasteiger partial charge on any atom is -0.342 e. The van der Waals surface area contributed by atoms with Crippen molar-refractivity contribution in [3.8, 4) is 12.5 Å². The van der Waals surface area contributed by atoms with E-state index in [1.807, 2.05) is 19.9 Å². The van der Waals surface area contributed by atoms with E-state index in [2.05, 4.69) is 11.4 Å². The van der Waals surface area contributed by atoms with Gasteiger partial charge in [-0.15, -0.1) is 0 Å². The molecule has 1 nitrogen and oxygen atoms in total. The van der Waals surface area contributed by atoms with Crippen molar-refractivity contribution in [1.29, 1.82) is 0 Å². The van der Waals surface area contributed by atoms with Crippen molar-refractivity contribution in [1.82, 2.24) is 5.32 Å². The molecule has 0 saturated carbocycles. The highest BCUT2D eigenvalue weighted by molar-refractivity contribution is 4.96. The molecule has 0 fully saturated rings. The van der Waals surface area contributed by atoms with Gasteiger partial charge in [-0.2, -0.15) is 0 Å². The maximum atomic E-state index is 4.92. The van der Waals surface area contributed by atoms with Crippen LogP contribution in [0.1, 0.15) is 13.8 Å². The van der Waals surface area contributed by atoms with Crippen molar-refractivity contribution < 1.29 is 0 Å². The summed E-state index contributed by atoms with van der Waals surface area (Å²) in [4.78, 5) is 0. The molecule has 1 N–H and O–H groups in total. The van der Waals surface area contributed by atoms with E-state index in [-0.39, 0.29) is 0 Å². The van der Waals surface area contributed by atoms with Crippen molar-refractivity contribution in [3.05, 3.63) is 11.6 Å². The highest BCUT2D eigenvalue weighted by atomic mass is 14.8. The number of terminal acetylenes is 1. The number of hydrogen-bond acceptors (Lipinski definition) is 1. The molecular formula is C7H11N. The van der Waals surface area contributed by atoms with Gasteiger partial charge in [0.25, 0.3) is 0 Å². The van der Waals surface area contributed by atoms with Crippen molar-refractivity contribution >= 4 is 0 Å². The summed E-state index contributed by atoms with van der Waals surface area (Å²) in [7, 11) is 0. The maximum Gasteiger partial charge on any atom is 0.0412 e. The fourth-order valence-electron chi connectivity index (χ4n) is 0.314. The summed E-state index contributed by atoms with van der Waals surface area (Å²) in [6.45, 7) is 4.86. The first-order valence-electron chi connectivity index (χ1n) is 2.59. The highest BCUT2D eigenvalue weighted by Gasteiger charge is 1.72. The lowest BCUT2D eigenvalue weighted by atomic mass is 10.3. The third-order valence-corrected chi connectivity index (χ3v) is 0.714. The average molecular weight is 109 g/mol. The van der Waals surface area contributed by atoms with Crippen LogP contribution < -0.4 is 5.32 Å². The number of allylic oxidation sites excluding steroid dienone is 1. The Morgan fingerprint density at radius 2 is 2.38 bits per heavy atom. The Morgan fingerprint density at radius 3 is 2.75 bits per heavy atom. The Hall–Kier alpha value is -0.900. The lowest BCUT2D eigenvalue weighted by Gasteiger charge is -1.89. The standard InChI is InChI=1S/C7H11N/c1-4-8-6-5-7(2)3/h1,5,8H,6H2,2-3H3.